The first kappa shape index (κ1) is 44.4. The predicted octanol–water partition coefficient (Wildman–Crippen LogP) is 6.99. The van der Waals surface area contributed by atoms with Crippen LogP contribution in [0.15, 0.2) is 103 Å². The summed E-state index contributed by atoms with van der Waals surface area (Å²) in [5.41, 5.74) is 2.96. The maximum absolute atomic E-state index is 14.2. The van der Waals surface area contributed by atoms with Crippen molar-refractivity contribution in [1.82, 2.24) is 25.1 Å². The van der Waals surface area contributed by atoms with Crippen molar-refractivity contribution in [1.29, 1.82) is 0 Å². The lowest BCUT2D eigenvalue weighted by molar-refractivity contribution is -0.137. The van der Waals surface area contributed by atoms with Gasteiger partial charge in [0.05, 0.1) is 30.6 Å². The Morgan fingerprint density at radius 2 is 1.54 bits per heavy atom. The van der Waals surface area contributed by atoms with Crippen LogP contribution in [0.25, 0.3) is 0 Å². The van der Waals surface area contributed by atoms with Crippen LogP contribution in [-0.4, -0.2) is 102 Å². The smallest absolute Gasteiger partial charge is 0.421 e. The lowest BCUT2D eigenvalue weighted by Crippen LogP contribution is -2.51. The summed E-state index contributed by atoms with van der Waals surface area (Å²) in [7, 11) is 1.49. The molecular weight excluding hydrogens is 842 g/mol. The highest BCUT2D eigenvalue weighted by molar-refractivity contribution is 6.08. The van der Waals surface area contributed by atoms with Gasteiger partial charge in [-0.2, -0.15) is 18.2 Å². The third-order valence-electron chi connectivity index (χ3n) is 11.9. The van der Waals surface area contributed by atoms with E-state index < -0.39 is 29.5 Å². The molecule has 3 fully saturated rings. The molecule has 8 rings (SSSR count). The topological polar surface area (TPSA) is 173 Å². The van der Waals surface area contributed by atoms with Gasteiger partial charge < -0.3 is 35.8 Å². The minimum atomic E-state index is -4.80. The second-order valence-corrected chi connectivity index (χ2v) is 16.1. The summed E-state index contributed by atoms with van der Waals surface area (Å²) >= 11 is 0. The average molecular weight is 891 g/mol. The van der Waals surface area contributed by atoms with Crippen molar-refractivity contribution in [3.63, 3.8) is 0 Å². The Kier molecular flexibility index (Phi) is 13.4. The summed E-state index contributed by atoms with van der Waals surface area (Å²) in [6.07, 6.45) is -1.47. The monoisotopic (exact) mass is 890 g/mol. The normalized spacial score (nSPS) is 17.3. The summed E-state index contributed by atoms with van der Waals surface area (Å²) in [4.78, 5) is 64.6. The second kappa shape index (κ2) is 19.7. The standard InChI is InChI=1S/C47H49F3N10O5/c1-65-40-27-34(15-16-38(40)55-46-51-28-36(47(48,49)50)43(57-46)54-37-10-6-5-9-35(37)44(63)53-32-7-3-2-4-8-32)59-23-25-60(26-24-59)42(62)29-58-21-19-31(20-22-58)30-11-13-33(14-12-30)52-39-17-18-41(61)56-45(39)64/h2-16,27-28,31,39,52H,17-26,29H2,1H3,(H,53,63)(H,56,61,64)(H2,51,54,55,57). The van der Waals surface area contributed by atoms with Gasteiger partial charge in [0, 0.05) is 61.9 Å². The number of rotatable bonds is 13. The van der Waals surface area contributed by atoms with Gasteiger partial charge in [0.15, 0.2) is 0 Å². The number of methoxy groups -OCH3 is 1. The molecule has 18 heteroatoms. The number of ether oxygens (including phenoxy) is 1. The lowest BCUT2D eigenvalue weighted by atomic mass is 9.89. The van der Waals surface area contributed by atoms with Crippen molar-refractivity contribution >= 4 is 63.8 Å². The lowest BCUT2D eigenvalue weighted by Gasteiger charge is -2.38. The van der Waals surface area contributed by atoms with E-state index >= 15 is 0 Å². The molecule has 0 radical (unpaired) electrons. The number of para-hydroxylation sites is 2. The number of likely N-dealkylation sites (tertiary alicyclic amines) is 1. The minimum Gasteiger partial charge on any atom is -0.494 e. The first-order valence-corrected chi connectivity index (χ1v) is 21.5. The molecule has 0 saturated carbocycles. The number of piperidine rings is 2. The Hall–Kier alpha value is -7.21. The molecule has 1 atom stereocenters. The van der Waals surface area contributed by atoms with Crippen LogP contribution in [0.4, 0.5) is 53.4 Å². The van der Waals surface area contributed by atoms with Crippen LogP contribution < -0.4 is 36.2 Å². The summed E-state index contributed by atoms with van der Waals surface area (Å²) in [6.45, 7) is 4.26. The number of aromatic nitrogens is 2. The SMILES string of the molecule is COc1cc(N2CCN(C(=O)CN3CCC(c4ccc(NC5CCC(=O)NC5=O)cc4)CC3)CC2)ccc1Nc1ncc(C(F)(F)F)c(Nc2ccccc2C(=O)Nc2ccccc2)n1. The highest BCUT2D eigenvalue weighted by atomic mass is 19.4. The molecule has 3 aliphatic heterocycles. The molecule has 5 aromatic rings. The molecule has 0 aliphatic carbocycles. The third kappa shape index (κ3) is 10.9. The zero-order valence-electron chi connectivity index (χ0n) is 35.7. The molecular formula is C47H49F3N10O5. The van der Waals surface area contributed by atoms with E-state index in [4.69, 9.17) is 4.74 Å². The Bertz CT molecular complexity index is 2510. The number of hydrogen-bond donors (Lipinski definition) is 5. The van der Waals surface area contributed by atoms with Crippen LogP contribution in [0.1, 0.15) is 53.1 Å². The summed E-state index contributed by atoms with van der Waals surface area (Å²) in [5, 5.41) is 14.1. The maximum atomic E-state index is 14.2. The number of carbonyl (C=O) groups excluding carboxylic acids is 4. The molecule has 4 aromatic carbocycles. The molecule has 3 saturated heterocycles. The van der Waals surface area contributed by atoms with E-state index in [2.05, 4.69) is 58.5 Å². The maximum Gasteiger partial charge on any atom is 0.421 e. The summed E-state index contributed by atoms with van der Waals surface area (Å²) in [6, 6.07) is 28.0. The number of imide groups is 1. The van der Waals surface area contributed by atoms with Crippen LogP contribution in [0.5, 0.6) is 5.75 Å². The zero-order valence-corrected chi connectivity index (χ0v) is 35.7. The quantitative estimate of drug-likeness (QED) is 0.0769. The number of benzene rings is 4. The first-order valence-electron chi connectivity index (χ1n) is 21.5. The van der Waals surface area contributed by atoms with Gasteiger partial charge in [0.1, 0.15) is 23.2 Å². The number of nitrogens with zero attached hydrogens (tertiary/aromatic N) is 5. The fourth-order valence-corrected chi connectivity index (χ4v) is 8.30. The van der Waals surface area contributed by atoms with E-state index in [0.717, 1.165) is 37.3 Å². The van der Waals surface area contributed by atoms with Gasteiger partial charge in [-0.1, -0.05) is 42.5 Å². The van der Waals surface area contributed by atoms with Gasteiger partial charge in [-0.25, -0.2) is 4.98 Å². The predicted molar refractivity (Wildman–Crippen MR) is 241 cm³/mol. The van der Waals surface area contributed by atoms with Crippen molar-refractivity contribution in [2.75, 3.05) is 79.1 Å². The Balaban J connectivity index is 0.839. The van der Waals surface area contributed by atoms with Gasteiger partial charge in [-0.05, 0) is 92.4 Å². The second-order valence-electron chi connectivity index (χ2n) is 16.1. The van der Waals surface area contributed by atoms with Crippen molar-refractivity contribution in [2.45, 2.75) is 43.8 Å². The number of nitrogens with one attached hydrogen (secondary N) is 5. The zero-order chi connectivity index (χ0) is 45.5. The van der Waals surface area contributed by atoms with Crippen LogP contribution in [0.3, 0.4) is 0 Å². The van der Waals surface area contributed by atoms with E-state index in [-0.39, 0.29) is 34.9 Å². The van der Waals surface area contributed by atoms with Gasteiger partial charge in [0.25, 0.3) is 5.91 Å². The van der Waals surface area contributed by atoms with E-state index in [0.29, 0.717) is 74.8 Å². The average Bonchev–Trinajstić information content (AvgIpc) is 3.31. The molecule has 5 N–H and O–H groups in total. The van der Waals surface area contributed by atoms with Crippen LogP contribution >= 0.6 is 0 Å². The number of amides is 4. The number of anilines is 7. The van der Waals surface area contributed by atoms with E-state index in [1.807, 2.05) is 29.2 Å². The van der Waals surface area contributed by atoms with E-state index in [1.54, 1.807) is 48.5 Å². The largest absolute Gasteiger partial charge is 0.494 e. The van der Waals surface area contributed by atoms with Crippen LogP contribution in [0.2, 0.25) is 0 Å². The number of carbonyl (C=O) groups is 4. The molecule has 1 aromatic heterocycles. The fraction of sp³-hybridized carbons (Fsp3) is 0.319. The number of alkyl halides is 3. The Morgan fingerprint density at radius 3 is 2.25 bits per heavy atom. The molecule has 4 amide bonds. The number of piperazine rings is 1. The van der Waals surface area contributed by atoms with Crippen LogP contribution in [-0.2, 0) is 20.6 Å². The third-order valence-corrected chi connectivity index (χ3v) is 11.9. The molecule has 4 heterocycles. The number of hydrogen-bond acceptors (Lipinski definition) is 12. The minimum absolute atomic E-state index is 0.0912. The fourth-order valence-electron chi connectivity index (χ4n) is 8.30. The first-order chi connectivity index (χ1) is 31.4. The highest BCUT2D eigenvalue weighted by Gasteiger charge is 2.36. The van der Waals surface area contributed by atoms with Gasteiger partial charge >= 0.3 is 6.18 Å². The molecule has 3 aliphatic rings. The van der Waals surface area contributed by atoms with Crippen molar-refractivity contribution in [3.05, 3.63) is 120 Å². The van der Waals surface area contributed by atoms with E-state index in [1.165, 1.54) is 24.8 Å². The molecule has 15 nitrogen and oxygen atoms in total. The van der Waals surface area contributed by atoms with Crippen molar-refractivity contribution in [2.24, 2.45) is 0 Å². The van der Waals surface area contributed by atoms with Gasteiger partial charge in [-0.15, -0.1) is 0 Å². The van der Waals surface area contributed by atoms with Crippen molar-refractivity contribution < 1.29 is 37.1 Å². The van der Waals surface area contributed by atoms with Gasteiger partial charge in [-0.3, -0.25) is 29.4 Å². The van der Waals surface area contributed by atoms with Crippen molar-refractivity contribution in [3.8, 4) is 5.75 Å². The van der Waals surface area contributed by atoms with Crippen LogP contribution in [0, 0.1) is 0 Å². The highest BCUT2D eigenvalue weighted by Crippen LogP contribution is 2.38. The molecule has 1 unspecified atom stereocenters. The number of halogens is 3. The molecule has 65 heavy (non-hydrogen) atoms. The Morgan fingerprint density at radius 1 is 0.815 bits per heavy atom. The molecule has 338 valence electrons. The molecule has 0 spiro atoms. The summed E-state index contributed by atoms with van der Waals surface area (Å²) in [5.74, 6) is -0.868. The molecule has 0 bridgehead atoms. The van der Waals surface area contributed by atoms with E-state index in [9.17, 15) is 32.3 Å². The van der Waals surface area contributed by atoms with Gasteiger partial charge in [0.2, 0.25) is 23.7 Å². The Labute approximate surface area is 373 Å². The summed E-state index contributed by atoms with van der Waals surface area (Å²) < 4.78 is 48.4.